The highest BCUT2D eigenvalue weighted by atomic mass is 16.3. The van der Waals surface area contributed by atoms with Gasteiger partial charge in [0, 0.05) is 18.0 Å². The van der Waals surface area contributed by atoms with E-state index in [1.807, 2.05) is 0 Å². The Kier molecular flexibility index (Phi) is 5.08. The summed E-state index contributed by atoms with van der Waals surface area (Å²) in [5.74, 6) is 1.81. The van der Waals surface area contributed by atoms with Crippen LogP contribution in [-0.4, -0.2) is 36.8 Å². The van der Waals surface area contributed by atoms with Gasteiger partial charge in [0.2, 0.25) is 0 Å². The Morgan fingerprint density at radius 3 is 2.47 bits per heavy atom. The van der Waals surface area contributed by atoms with Crippen LogP contribution in [0.3, 0.4) is 0 Å². The second-order valence-corrected chi connectivity index (χ2v) is 6.45. The fourth-order valence-electron chi connectivity index (χ4n) is 2.71. The molecule has 0 unspecified atom stereocenters. The number of hydrogen-bond acceptors (Lipinski definition) is 2. The summed E-state index contributed by atoms with van der Waals surface area (Å²) in [6.45, 7) is 6.35. The number of aliphatic hydroxyl groups excluding tert-OH is 1. The van der Waals surface area contributed by atoms with Crippen molar-refractivity contribution in [2.24, 2.45) is 16.3 Å². The normalized spacial score (nSPS) is 29.9. The molecule has 0 spiro atoms. The van der Waals surface area contributed by atoms with Gasteiger partial charge in [-0.1, -0.05) is 6.92 Å². The fraction of sp³-hybridized carbons (Fsp3) is 0.933. The first-order chi connectivity index (χ1) is 9.17. The largest absolute Gasteiger partial charge is 0.396 e. The molecule has 0 atom stereocenters. The van der Waals surface area contributed by atoms with E-state index in [1.165, 1.54) is 25.7 Å². The minimum absolute atomic E-state index is 0.101. The van der Waals surface area contributed by atoms with Gasteiger partial charge < -0.3 is 15.7 Å². The van der Waals surface area contributed by atoms with Gasteiger partial charge in [-0.05, 0) is 51.4 Å². The van der Waals surface area contributed by atoms with Crippen LogP contribution >= 0.6 is 0 Å². The van der Waals surface area contributed by atoms with Gasteiger partial charge in [0.25, 0.3) is 0 Å². The van der Waals surface area contributed by atoms with Crippen LogP contribution in [0, 0.1) is 11.3 Å². The smallest absolute Gasteiger partial charge is 0.191 e. The van der Waals surface area contributed by atoms with Gasteiger partial charge >= 0.3 is 0 Å². The van der Waals surface area contributed by atoms with E-state index >= 15 is 0 Å². The maximum Gasteiger partial charge on any atom is 0.191 e. The summed E-state index contributed by atoms with van der Waals surface area (Å²) in [7, 11) is 0. The molecule has 0 aromatic rings. The topological polar surface area (TPSA) is 56.7 Å². The van der Waals surface area contributed by atoms with E-state index in [1.54, 1.807) is 0 Å². The van der Waals surface area contributed by atoms with E-state index in [2.05, 4.69) is 29.5 Å². The Bertz CT molecular complexity index is 305. The lowest BCUT2D eigenvalue weighted by Crippen LogP contribution is -2.45. The zero-order chi connectivity index (χ0) is 13.7. The molecule has 2 aliphatic rings. The van der Waals surface area contributed by atoms with Crippen molar-refractivity contribution in [3.63, 3.8) is 0 Å². The molecule has 0 aliphatic heterocycles. The Morgan fingerprint density at radius 2 is 1.95 bits per heavy atom. The molecule has 2 rings (SSSR count). The number of aliphatic hydroxyl groups is 1. The highest BCUT2D eigenvalue weighted by molar-refractivity contribution is 5.80. The summed E-state index contributed by atoms with van der Waals surface area (Å²) in [6.07, 6.45) is 7.36. The van der Waals surface area contributed by atoms with Gasteiger partial charge in [0.15, 0.2) is 5.96 Å². The number of aliphatic imine (C=N–C) groups is 1. The zero-order valence-corrected chi connectivity index (χ0v) is 12.4. The van der Waals surface area contributed by atoms with Crippen LogP contribution < -0.4 is 10.6 Å². The van der Waals surface area contributed by atoms with Gasteiger partial charge in [-0.15, -0.1) is 0 Å². The van der Waals surface area contributed by atoms with Gasteiger partial charge in [-0.3, -0.25) is 4.99 Å². The van der Waals surface area contributed by atoms with Gasteiger partial charge in [0.05, 0.1) is 13.2 Å². The van der Waals surface area contributed by atoms with Crippen molar-refractivity contribution >= 4 is 5.96 Å². The average molecular weight is 267 g/mol. The molecule has 0 amide bonds. The lowest BCUT2D eigenvalue weighted by molar-refractivity contribution is 0.216. The molecule has 4 nitrogen and oxygen atoms in total. The summed E-state index contributed by atoms with van der Waals surface area (Å²) in [5.41, 5.74) is 0.101. The molecule has 0 heterocycles. The van der Waals surface area contributed by atoms with Crippen molar-refractivity contribution in [1.82, 2.24) is 10.6 Å². The predicted octanol–water partition coefficient (Wildman–Crippen LogP) is 1.89. The number of nitrogens with zero attached hydrogens (tertiary/aromatic N) is 1. The molecule has 0 bridgehead atoms. The van der Waals surface area contributed by atoms with Crippen LogP contribution in [0.2, 0.25) is 0 Å². The predicted molar refractivity (Wildman–Crippen MR) is 79.3 cm³/mol. The minimum Gasteiger partial charge on any atom is -0.396 e. The summed E-state index contributed by atoms with van der Waals surface area (Å²) < 4.78 is 0. The van der Waals surface area contributed by atoms with Crippen molar-refractivity contribution in [3.05, 3.63) is 0 Å². The van der Waals surface area contributed by atoms with E-state index in [0.717, 1.165) is 37.8 Å². The first-order valence-electron chi connectivity index (χ1n) is 7.83. The first-order valence-corrected chi connectivity index (χ1v) is 7.83. The first kappa shape index (κ1) is 14.6. The molecule has 2 saturated carbocycles. The molecular formula is C15H29N3O. The van der Waals surface area contributed by atoms with Crippen LogP contribution in [0.4, 0.5) is 0 Å². The van der Waals surface area contributed by atoms with Crippen LogP contribution in [0.25, 0.3) is 0 Å². The van der Waals surface area contributed by atoms with E-state index in [9.17, 15) is 5.11 Å². The molecule has 2 aliphatic carbocycles. The summed E-state index contributed by atoms with van der Waals surface area (Å²) in [5, 5.41) is 16.2. The molecule has 0 aromatic heterocycles. The third-order valence-electron chi connectivity index (χ3n) is 4.57. The summed E-state index contributed by atoms with van der Waals surface area (Å²) >= 11 is 0. The van der Waals surface area contributed by atoms with E-state index in [-0.39, 0.29) is 12.0 Å². The van der Waals surface area contributed by atoms with Gasteiger partial charge in [-0.25, -0.2) is 0 Å². The number of guanidine groups is 1. The standard InChI is InChI=1S/C15H29N3O/c1-3-16-14(17-10-15(11-19)8-9-15)18-13-6-4-12(2)5-7-13/h12-13,19H,3-11H2,1-2H3,(H2,16,17,18). The summed E-state index contributed by atoms with van der Waals surface area (Å²) in [4.78, 5) is 4.67. The number of nitrogens with one attached hydrogen (secondary N) is 2. The highest BCUT2D eigenvalue weighted by Gasteiger charge is 2.41. The molecule has 0 saturated heterocycles. The third-order valence-corrected chi connectivity index (χ3v) is 4.57. The molecule has 4 heteroatoms. The van der Waals surface area contributed by atoms with Crippen LogP contribution in [0.1, 0.15) is 52.4 Å². The maximum atomic E-state index is 9.34. The van der Waals surface area contributed by atoms with Crippen molar-refractivity contribution in [2.75, 3.05) is 19.7 Å². The maximum absolute atomic E-state index is 9.34. The molecule has 2 fully saturated rings. The van der Waals surface area contributed by atoms with Crippen molar-refractivity contribution in [3.8, 4) is 0 Å². The second kappa shape index (κ2) is 6.60. The van der Waals surface area contributed by atoms with Gasteiger partial charge in [0.1, 0.15) is 0 Å². The van der Waals surface area contributed by atoms with Crippen LogP contribution in [-0.2, 0) is 0 Å². The Morgan fingerprint density at radius 1 is 1.26 bits per heavy atom. The number of rotatable bonds is 5. The lowest BCUT2D eigenvalue weighted by atomic mass is 9.87. The van der Waals surface area contributed by atoms with E-state index in [0.29, 0.717) is 6.04 Å². The highest BCUT2D eigenvalue weighted by Crippen LogP contribution is 2.45. The third kappa shape index (κ3) is 4.37. The SMILES string of the molecule is CCNC(=NCC1(CO)CC1)NC1CCC(C)CC1. The minimum atomic E-state index is 0.101. The Hall–Kier alpha value is -0.770. The Labute approximate surface area is 117 Å². The van der Waals surface area contributed by atoms with Crippen molar-refractivity contribution < 1.29 is 5.11 Å². The van der Waals surface area contributed by atoms with E-state index < -0.39 is 0 Å². The zero-order valence-electron chi connectivity index (χ0n) is 12.4. The van der Waals surface area contributed by atoms with E-state index in [4.69, 9.17) is 0 Å². The fourth-order valence-corrected chi connectivity index (χ4v) is 2.71. The number of hydrogen-bond donors (Lipinski definition) is 3. The molecular weight excluding hydrogens is 238 g/mol. The quantitative estimate of drug-likeness (QED) is 0.527. The molecule has 3 N–H and O–H groups in total. The van der Waals surface area contributed by atoms with Crippen LogP contribution in [0.5, 0.6) is 0 Å². The van der Waals surface area contributed by atoms with Gasteiger partial charge in [-0.2, -0.15) is 0 Å². The van der Waals surface area contributed by atoms with Crippen molar-refractivity contribution in [1.29, 1.82) is 0 Å². The Balaban J connectivity index is 1.83. The second-order valence-electron chi connectivity index (χ2n) is 6.45. The molecule has 19 heavy (non-hydrogen) atoms. The monoisotopic (exact) mass is 267 g/mol. The molecule has 0 aromatic carbocycles. The average Bonchev–Trinajstić information content (AvgIpc) is 3.20. The van der Waals surface area contributed by atoms with Crippen LogP contribution in [0.15, 0.2) is 4.99 Å². The lowest BCUT2D eigenvalue weighted by Gasteiger charge is -2.28. The molecule has 110 valence electrons. The van der Waals surface area contributed by atoms with Crippen molar-refractivity contribution in [2.45, 2.75) is 58.4 Å². The summed E-state index contributed by atoms with van der Waals surface area (Å²) in [6, 6.07) is 0.568. The molecule has 0 radical (unpaired) electrons.